The molecule has 1 aliphatic heterocycles. The van der Waals surface area contributed by atoms with Gasteiger partial charge in [0.1, 0.15) is 18.3 Å². The molecule has 1 fully saturated rings. The first-order valence-electron chi connectivity index (χ1n) is 6.09. The van der Waals surface area contributed by atoms with E-state index in [4.69, 9.17) is 21.3 Å². The van der Waals surface area contributed by atoms with Crippen LogP contribution in [-0.2, 0) is 4.74 Å². The van der Waals surface area contributed by atoms with Crippen molar-refractivity contribution in [2.24, 2.45) is 0 Å². The summed E-state index contributed by atoms with van der Waals surface area (Å²) in [5.41, 5.74) is 10.6. The van der Waals surface area contributed by atoms with Gasteiger partial charge in [-0.2, -0.15) is 4.98 Å². The Labute approximate surface area is 116 Å². The lowest BCUT2D eigenvalue weighted by molar-refractivity contribution is -0.0500. The third-order valence-corrected chi connectivity index (χ3v) is 3.37. The summed E-state index contributed by atoms with van der Waals surface area (Å²) in [6.07, 6.45) is -4.81. The van der Waals surface area contributed by atoms with Gasteiger partial charge in [-0.25, -0.2) is 4.98 Å². The van der Waals surface area contributed by atoms with Gasteiger partial charge in [-0.15, -0.1) is 0 Å². The average molecular weight is 298 g/mol. The molecule has 1 unspecified atom stereocenters. The van der Waals surface area contributed by atoms with Crippen LogP contribution >= 0.6 is 0 Å². The number of aromatic nitrogens is 4. The van der Waals surface area contributed by atoms with Gasteiger partial charge in [0, 0.05) is 0 Å². The van der Waals surface area contributed by atoms with Gasteiger partial charge in [-0.1, -0.05) is 0 Å². The van der Waals surface area contributed by atoms with Crippen LogP contribution in [0.1, 0.15) is 6.23 Å². The Morgan fingerprint density at radius 3 is 2.62 bits per heavy atom. The molecule has 11 nitrogen and oxygen atoms in total. The van der Waals surface area contributed by atoms with Crippen LogP contribution in [0.2, 0.25) is 0 Å². The van der Waals surface area contributed by atoms with Crippen LogP contribution in [0.4, 0.5) is 11.9 Å². The van der Waals surface area contributed by atoms with Gasteiger partial charge in [-0.3, -0.25) is 14.3 Å². The molecule has 0 amide bonds. The lowest BCUT2D eigenvalue weighted by atomic mass is 10.1. The minimum Gasteiger partial charge on any atom is -0.394 e. The molecule has 114 valence electrons. The standard InChI is InChI=1S/C10H14N6O5/c11-9-14-6-3(7(20)15-9)13-10(12)16(6)8-5(19)4(18)2(1-17)21-8/h2,4-5,8,17-19H,1H2,(H2,12,13)(H3,11,14,15,20)/t2-,4?,5+,8-/m1/s1. The molecular weight excluding hydrogens is 284 g/mol. The van der Waals surface area contributed by atoms with E-state index in [1.165, 1.54) is 0 Å². The zero-order chi connectivity index (χ0) is 15.3. The summed E-state index contributed by atoms with van der Waals surface area (Å²) < 4.78 is 6.51. The van der Waals surface area contributed by atoms with Crippen molar-refractivity contribution in [3.8, 4) is 0 Å². The van der Waals surface area contributed by atoms with Crippen molar-refractivity contribution in [1.29, 1.82) is 0 Å². The predicted molar refractivity (Wildman–Crippen MR) is 70.0 cm³/mol. The van der Waals surface area contributed by atoms with Crippen LogP contribution in [0.5, 0.6) is 0 Å². The normalized spacial score (nSPS) is 29.3. The summed E-state index contributed by atoms with van der Waals surface area (Å²) >= 11 is 0. The van der Waals surface area contributed by atoms with Gasteiger partial charge in [0.25, 0.3) is 5.56 Å². The van der Waals surface area contributed by atoms with E-state index in [0.717, 1.165) is 4.57 Å². The second-order valence-corrected chi connectivity index (χ2v) is 4.69. The molecular formula is C10H14N6O5. The molecule has 0 spiro atoms. The average Bonchev–Trinajstić information content (AvgIpc) is 2.89. The van der Waals surface area contributed by atoms with Gasteiger partial charge in [0.05, 0.1) is 6.61 Å². The Bertz CT molecular complexity index is 741. The lowest BCUT2D eigenvalue weighted by Gasteiger charge is -2.17. The number of ether oxygens (including phenoxy) is 1. The minimum atomic E-state index is -1.37. The van der Waals surface area contributed by atoms with E-state index in [1.54, 1.807) is 0 Å². The summed E-state index contributed by atoms with van der Waals surface area (Å²) in [4.78, 5) is 21.8. The third-order valence-electron chi connectivity index (χ3n) is 3.37. The number of nitrogens with two attached hydrogens (primary N) is 2. The molecule has 1 aliphatic rings. The fourth-order valence-electron chi connectivity index (χ4n) is 2.36. The topological polar surface area (TPSA) is 186 Å². The number of H-pyrrole nitrogens is 1. The first kappa shape index (κ1) is 13.8. The SMILES string of the molecule is Nc1nc2c(nc(N)n2[C@@H]2O[C@H](CO)C(O)[C@@H]2O)c(=O)[nH]1. The van der Waals surface area contributed by atoms with Crippen molar-refractivity contribution in [2.75, 3.05) is 18.1 Å². The smallest absolute Gasteiger partial charge is 0.280 e. The largest absolute Gasteiger partial charge is 0.394 e. The van der Waals surface area contributed by atoms with Crippen molar-refractivity contribution in [1.82, 2.24) is 19.5 Å². The maximum absolute atomic E-state index is 11.7. The number of aromatic amines is 1. The van der Waals surface area contributed by atoms with Gasteiger partial charge < -0.3 is 31.5 Å². The van der Waals surface area contributed by atoms with Crippen molar-refractivity contribution >= 4 is 23.1 Å². The summed E-state index contributed by atoms with van der Waals surface area (Å²) in [6.45, 7) is -0.489. The maximum Gasteiger partial charge on any atom is 0.280 e. The number of imidazole rings is 1. The van der Waals surface area contributed by atoms with Crippen LogP contribution in [0.25, 0.3) is 11.2 Å². The number of rotatable bonds is 2. The van der Waals surface area contributed by atoms with Gasteiger partial charge in [0.2, 0.25) is 11.9 Å². The van der Waals surface area contributed by atoms with E-state index in [2.05, 4.69) is 15.0 Å². The van der Waals surface area contributed by atoms with E-state index in [-0.39, 0.29) is 23.1 Å². The molecule has 2 aromatic rings. The summed E-state index contributed by atoms with van der Waals surface area (Å²) in [6, 6.07) is 0. The molecule has 1 saturated heterocycles. The molecule has 3 heterocycles. The number of hydrogen-bond donors (Lipinski definition) is 6. The number of anilines is 2. The van der Waals surface area contributed by atoms with Crippen LogP contribution in [-0.4, -0.2) is 59.8 Å². The molecule has 0 radical (unpaired) electrons. The highest BCUT2D eigenvalue weighted by molar-refractivity contribution is 5.74. The van der Waals surface area contributed by atoms with Crippen LogP contribution in [0.15, 0.2) is 4.79 Å². The molecule has 0 bridgehead atoms. The number of hydrogen-bond acceptors (Lipinski definition) is 9. The number of aliphatic hydroxyl groups excluding tert-OH is 3. The molecule has 0 aliphatic carbocycles. The number of nitrogen functional groups attached to an aromatic ring is 2. The molecule has 4 atom stereocenters. The first-order valence-corrected chi connectivity index (χ1v) is 6.09. The van der Waals surface area contributed by atoms with E-state index in [1.807, 2.05) is 0 Å². The molecule has 11 heteroatoms. The first-order chi connectivity index (χ1) is 9.93. The Morgan fingerprint density at radius 1 is 1.29 bits per heavy atom. The van der Waals surface area contributed by atoms with E-state index >= 15 is 0 Å². The highest BCUT2D eigenvalue weighted by Crippen LogP contribution is 2.32. The molecule has 21 heavy (non-hydrogen) atoms. The fraction of sp³-hybridized carbons (Fsp3) is 0.500. The molecule has 3 rings (SSSR count). The summed E-state index contributed by atoms with van der Waals surface area (Å²) in [7, 11) is 0. The Kier molecular flexibility index (Phi) is 3.06. The quantitative estimate of drug-likeness (QED) is 0.334. The summed E-state index contributed by atoms with van der Waals surface area (Å²) in [5.74, 6) is -0.288. The van der Waals surface area contributed by atoms with Gasteiger partial charge in [-0.05, 0) is 0 Å². The number of nitrogens with one attached hydrogen (secondary N) is 1. The van der Waals surface area contributed by atoms with Crippen LogP contribution in [0, 0.1) is 0 Å². The molecule has 2 aromatic heterocycles. The number of aliphatic hydroxyl groups is 3. The Balaban J connectivity index is 2.17. The van der Waals surface area contributed by atoms with Gasteiger partial charge in [0.15, 0.2) is 17.4 Å². The predicted octanol–water partition coefficient (Wildman–Crippen LogP) is -3.10. The molecule has 0 saturated carbocycles. The molecule has 0 aromatic carbocycles. The van der Waals surface area contributed by atoms with Crippen molar-refractivity contribution in [2.45, 2.75) is 24.5 Å². The number of nitrogens with zero attached hydrogens (tertiary/aromatic N) is 3. The fourth-order valence-corrected chi connectivity index (χ4v) is 2.36. The summed E-state index contributed by atoms with van der Waals surface area (Å²) in [5, 5.41) is 28.9. The monoisotopic (exact) mass is 298 g/mol. The van der Waals surface area contributed by atoms with Crippen molar-refractivity contribution < 1.29 is 20.1 Å². The maximum atomic E-state index is 11.7. The van der Waals surface area contributed by atoms with Crippen molar-refractivity contribution in [3.05, 3.63) is 10.4 Å². The van der Waals surface area contributed by atoms with Crippen LogP contribution in [0.3, 0.4) is 0 Å². The van der Waals surface area contributed by atoms with E-state index in [9.17, 15) is 15.0 Å². The second-order valence-electron chi connectivity index (χ2n) is 4.69. The van der Waals surface area contributed by atoms with Crippen LogP contribution < -0.4 is 17.0 Å². The zero-order valence-corrected chi connectivity index (χ0v) is 10.7. The van der Waals surface area contributed by atoms with Crippen molar-refractivity contribution in [3.63, 3.8) is 0 Å². The number of fused-ring (bicyclic) bond motifs is 1. The zero-order valence-electron chi connectivity index (χ0n) is 10.7. The Hall–Kier alpha value is -2.21. The molecule has 8 N–H and O–H groups in total. The Morgan fingerprint density at radius 2 is 2.00 bits per heavy atom. The third kappa shape index (κ3) is 1.94. The van der Waals surface area contributed by atoms with E-state index < -0.39 is 36.7 Å². The second kappa shape index (κ2) is 4.66. The van der Waals surface area contributed by atoms with Gasteiger partial charge >= 0.3 is 0 Å². The highest BCUT2D eigenvalue weighted by atomic mass is 16.6. The minimum absolute atomic E-state index is 0.0172. The lowest BCUT2D eigenvalue weighted by Crippen LogP contribution is -2.33. The highest BCUT2D eigenvalue weighted by Gasteiger charge is 2.44. The van der Waals surface area contributed by atoms with E-state index in [0.29, 0.717) is 0 Å².